The van der Waals surface area contributed by atoms with Crippen molar-refractivity contribution in [1.29, 1.82) is 5.26 Å². The third kappa shape index (κ3) is 3.33. The van der Waals surface area contributed by atoms with Crippen molar-refractivity contribution in [2.24, 2.45) is 5.92 Å². The van der Waals surface area contributed by atoms with Crippen LogP contribution < -0.4 is 5.48 Å². The first-order valence-corrected chi connectivity index (χ1v) is 5.15. The van der Waals surface area contributed by atoms with E-state index in [9.17, 15) is 0 Å². The average molecular weight is 182 g/mol. The first-order chi connectivity index (χ1) is 6.38. The molecule has 2 atom stereocenters. The number of hydrogen-bond acceptors (Lipinski definition) is 3. The van der Waals surface area contributed by atoms with Crippen LogP contribution in [0.4, 0.5) is 0 Å². The number of hydroxylamine groups is 1. The summed E-state index contributed by atoms with van der Waals surface area (Å²) < 4.78 is 0. The molecule has 3 heteroatoms. The van der Waals surface area contributed by atoms with Gasteiger partial charge in [0, 0.05) is 6.04 Å². The summed E-state index contributed by atoms with van der Waals surface area (Å²) in [5.74, 6) is 0.133. The van der Waals surface area contributed by atoms with Crippen LogP contribution in [-0.4, -0.2) is 12.6 Å². The van der Waals surface area contributed by atoms with Crippen molar-refractivity contribution in [2.75, 3.05) is 6.61 Å². The Morgan fingerprint density at radius 1 is 1.38 bits per heavy atom. The molecule has 13 heavy (non-hydrogen) atoms. The Morgan fingerprint density at radius 3 is 2.85 bits per heavy atom. The van der Waals surface area contributed by atoms with Crippen molar-refractivity contribution in [3.63, 3.8) is 0 Å². The van der Waals surface area contributed by atoms with E-state index >= 15 is 0 Å². The van der Waals surface area contributed by atoms with Gasteiger partial charge in [-0.1, -0.05) is 19.3 Å². The lowest BCUT2D eigenvalue weighted by atomic mass is 9.97. The summed E-state index contributed by atoms with van der Waals surface area (Å²) in [7, 11) is 0. The predicted molar refractivity (Wildman–Crippen MR) is 50.7 cm³/mol. The molecule has 0 saturated heterocycles. The van der Waals surface area contributed by atoms with Crippen molar-refractivity contribution in [1.82, 2.24) is 5.48 Å². The summed E-state index contributed by atoms with van der Waals surface area (Å²) in [4.78, 5) is 5.16. The quantitative estimate of drug-likeness (QED) is 0.536. The molecule has 1 N–H and O–H groups in total. The van der Waals surface area contributed by atoms with Crippen molar-refractivity contribution >= 4 is 0 Å². The van der Waals surface area contributed by atoms with Gasteiger partial charge in [-0.05, 0) is 19.8 Å². The van der Waals surface area contributed by atoms with E-state index in [-0.39, 0.29) is 12.0 Å². The van der Waals surface area contributed by atoms with Crippen LogP contribution in [0.2, 0.25) is 0 Å². The molecule has 0 bridgehead atoms. The normalized spacial score (nSPS) is 29.2. The third-order valence-electron chi connectivity index (χ3n) is 2.56. The number of hydrogen-bond donors (Lipinski definition) is 1. The van der Waals surface area contributed by atoms with E-state index in [2.05, 4.69) is 11.5 Å². The van der Waals surface area contributed by atoms with E-state index < -0.39 is 0 Å². The number of nitrogens with zero attached hydrogens (tertiary/aromatic N) is 1. The summed E-state index contributed by atoms with van der Waals surface area (Å²) in [5.41, 5.74) is 2.99. The van der Waals surface area contributed by atoms with E-state index in [0.29, 0.717) is 6.61 Å². The van der Waals surface area contributed by atoms with Gasteiger partial charge in [0.05, 0.1) is 18.6 Å². The molecule has 2 unspecified atom stereocenters. The zero-order chi connectivity index (χ0) is 9.52. The predicted octanol–water partition coefficient (Wildman–Crippen LogP) is 2.00. The van der Waals surface area contributed by atoms with Crippen molar-refractivity contribution in [3.8, 4) is 6.07 Å². The molecule has 0 aliphatic heterocycles. The van der Waals surface area contributed by atoms with Gasteiger partial charge in [-0.2, -0.15) is 10.7 Å². The van der Waals surface area contributed by atoms with Gasteiger partial charge in [0.25, 0.3) is 0 Å². The van der Waals surface area contributed by atoms with Gasteiger partial charge in [-0.3, -0.25) is 0 Å². The SMILES string of the molecule is CCONC1CCCCCC1C#N. The summed E-state index contributed by atoms with van der Waals surface area (Å²) in [6.45, 7) is 2.61. The highest BCUT2D eigenvalue weighted by atomic mass is 16.6. The topological polar surface area (TPSA) is 45.0 Å². The molecule has 0 aromatic rings. The number of nitrogens with one attached hydrogen (secondary N) is 1. The lowest BCUT2D eigenvalue weighted by Gasteiger charge is -2.19. The molecule has 0 aromatic heterocycles. The molecule has 0 amide bonds. The van der Waals surface area contributed by atoms with Gasteiger partial charge in [-0.25, -0.2) is 0 Å². The highest BCUT2D eigenvalue weighted by molar-refractivity contribution is 4.92. The summed E-state index contributed by atoms with van der Waals surface area (Å²) in [5, 5.41) is 8.94. The van der Waals surface area contributed by atoms with Crippen LogP contribution in [-0.2, 0) is 4.84 Å². The number of rotatable bonds is 3. The Balaban J connectivity index is 2.40. The lowest BCUT2D eigenvalue weighted by molar-refractivity contribution is 0.0131. The fourth-order valence-electron chi connectivity index (χ4n) is 1.79. The molecular weight excluding hydrogens is 164 g/mol. The Kier molecular flexibility index (Phi) is 4.81. The minimum atomic E-state index is 0.133. The zero-order valence-corrected chi connectivity index (χ0v) is 8.25. The smallest absolute Gasteiger partial charge is 0.0673 e. The van der Waals surface area contributed by atoms with Gasteiger partial charge in [0.15, 0.2) is 0 Å². The maximum atomic E-state index is 8.94. The monoisotopic (exact) mass is 182 g/mol. The molecule has 0 aromatic carbocycles. The van der Waals surface area contributed by atoms with E-state index in [1.165, 1.54) is 19.3 Å². The van der Waals surface area contributed by atoms with Gasteiger partial charge < -0.3 is 4.84 Å². The molecular formula is C10H18N2O. The van der Waals surface area contributed by atoms with Crippen LogP contribution in [0.1, 0.15) is 39.0 Å². The molecule has 1 rings (SSSR count). The molecule has 3 nitrogen and oxygen atoms in total. The van der Waals surface area contributed by atoms with Crippen LogP contribution in [0, 0.1) is 17.2 Å². The van der Waals surface area contributed by atoms with Crippen molar-refractivity contribution in [3.05, 3.63) is 0 Å². The zero-order valence-electron chi connectivity index (χ0n) is 8.25. The second-order valence-corrected chi connectivity index (χ2v) is 3.53. The second-order valence-electron chi connectivity index (χ2n) is 3.53. The van der Waals surface area contributed by atoms with E-state index in [1.54, 1.807) is 0 Å². The molecule has 1 fully saturated rings. The Labute approximate surface area is 80.0 Å². The Morgan fingerprint density at radius 2 is 2.15 bits per heavy atom. The molecule has 0 radical (unpaired) electrons. The van der Waals surface area contributed by atoms with Gasteiger partial charge in [0.1, 0.15) is 0 Å². The Bertz CT molecular complexity index is 176. The van der Waals surface area contributed by atoms with Crippen LogP contribution in [0.15, 0.2) is 0 Å². The van der Waals surface area contributed by atoms with Gasteiger partial charge in [0.2, 0.25) is 0 Å². The minimum absolute atomic E-state index is 0.133. The number of nitriles is 1. The Hall–Kier alpha value is -0.590. The third-order valence-corrected chi connectivity index (χ3v) is 2.56. The largest absolute Gasteiger partial charge is 0.302 e. The fourth-order valence-corrected chi connectivity index (χ4v) is 1.79. The molecule has 0 heterocycles. The summed E-state index contributed by atoms with van der Waals surface area (Å²) >= 11 is 0. The first kappa shape index (κ1) is 10.5. The van der Waals surface area contributed by atoms with Crippen molar-refractivity contribution in [2.45, 2.75) is 45.1 Å². The van der Waals surface area contributed by atoms with E-state index in [4.69, 9.17) is 10.1 Å². The van der Waals surface area contributed by atoms with Crippen LogP contribution in [0.3, 0.4) is 0 Å². The maximum Gasteiger partial charge on any atom is 0.0673 e. The standard InChI is InChI=1S/C10H18N2O/c1-2-13-12-10-7-5-3-4-6-9(10)8-11/h9-10,12H,2-7H2,1H3. The van der Waals surface area contributed by atoms with Gasteiger partial charge in [-0.15, -0.1) is 0 Å². The van der Waals surface area contributed by atoms with Crippen LogP contribution >= 0.6 is 0 Å². The molecule has 0 spiro atoms. The second kappa shape index (κ2) is 5.95. The highest BCUT2D eigenvalue weighted by Gasteiger charge is 2.23. The van der Waals surface area contributed by atoms with Crippen LogP contribution in [0.5, 0.6) is 0 Å². The maximum absolute atomic E-state index is 8.94. The first-order valence-electron chi connectivity index (χ1n) is 5.15. The molecule has 1 aliphatic rings. The molecule has 1 saturated carbocycles. The van der Waals surface area contributed by atoms with Crippen LogP contribution in [0.25, 0.3) is 0 Å². The summed E-state index contributed by atoms with van der Waals surface area (Å²) in [6, 6.07) is 2.60. The summed E-state index contributed by atoms with van der Waals surface area (Å²) in [6.07, 6.45) is 5.73. The lowest BCUT2D eigenvalue weighted by Crippen LogP contribution is -2.34. The van der Waals surface area contributed by atoms with Gasteiger partial charge >= 0.3 is 0 Å². The average Bonchev–Trinajstić information content (AvgIpc) is 2.39. The molecule has 74 valence electrons. The minimum Gasteiger partial charge on any atom is -0.302 e. The highest BCUT2D eigenvalue weighted by Crippen LogP contribution is 2.22. The fraction of sp³-hybridized carbons (Fsp3) is 0.900. The van der Waals surface area contributed by atoms with Crippen molar-refractivity contribution < 1.29 is 4.84 Å². The van der Waals surface area contributed by atoms with E-state index in [1.807, 2.05) is 6.92 Å². The van der Waals surface area contributed by atoms with E-state index in [0.717, 1.165) is 12.8 Å². The molecule has 1 aliphatic carbocycles.